The molecule has 0 spiro atoms. The Kier molecular flexibility index (Phi) is 5.03. The summed E-state index contributed by atoms with van der Waals surface area (Å²) >= 11 is 15.0. The summed E-state index contributed by atoms with van der Waals surface area (Å²) < 4.78 is 32.6. The van der Waals surface area contributed by atoms with E-state index in [1.54, 1.807) is 12.1 Å². The number of anilines is 1. The maximum Gasteiger partial charge on any atom is 0.261 e. The first kappa shape index (κ1) is 16.4. The van der Waals surface area contributed by atoms with Gasteiger partial charge in [0.15, 0.2) is 0 Å². The molecule has 0 unspecified atom stereocenters. The second kappa shape index (κ2) is 6.44. The van der Waals surface area contributed by atoms with Gasteiger partial charge in [-0.05, 0) is 46.3 Å². The lowest BCUT2D eigenvalue weighted by molar-refractivity contribution is 0.415. The lowest BCUT2D eigenvalue weighted by Crippen LogP contribution is -2.13. The SMILES string of the molecule is COc1ccc(Cl)c(NS(=O)(=O)c2ccc(Cl)c(Br)c2)c1. The minimum atomic E-state index is -3.78. The molecule has 4 nitrogen and oxygen atoms in total. The molecule has 2 aromatic rings. The number of halogens is 3. The number of hydrogen-bond donors (Lipinski definition) is 1. The van der Waals surface area contributed by atoms with Crippen LogP contribution in [-0.2, 0) is 10.0 Å². The number of sulfonamides is 1. The first-order valence-electron chi connectivity index (χ1n) is 5.65. The van der Waals surface area contributed by atoms with Gasteiger partial charge in [0.05, 0.1) is 27.7 Å². The molecule has 2 rings (SSSR count). The summed E-state index contributed by atoms with van der Waals surface area (Å²) in [4.78, 5) is 0.0673. The molecule has 0 bridgehead atoms. The van der Waals surface area contributed by atoms with Crippen molar-refractivity contribution in [3.63, 3.8) is 0 Å². The van der Waals surface area contributed by atoms with E-state index in [1.807, 2.05) is 0 Å². The zero-order chi connectivity index (χ0) is 15.6. The molecule has 0 aliphatic rings. The van der Waals surface area contributed by atoms with Gasteiger partial charge < -0.3 is 4.74 Å². The molecule has 112 valence electrons. The van der Waals surface area contributed by atoms with Crippen molar-refractivity contribution in [2.45, 2.75) is 4.90 Å². The topological polar surface area (TPSA) is 55.4 Å². The van der Waals surface area contributed by atoms with Crippen LogP contribution in [0, 0.1) is 0 Å². The van der Waals surface area contributed by atoms with Crippen molar-refractivity contribution in [1.82, 2.24) is 0 Å². The van der Waals surface area contributed by atoms with E-state index < -0.39 is 10.0 Å². The van der Waals surface area contributed by atoms with E-state index in [0.29, 0.717) is 15.2 Å². The molecule has 0 atom stereocenters. The fourth-order valence-corrected chi connectivity index (χ4v) is 3.52. The number of ether oxygens (including phenoxy) is 1. The zero-order valence-electron chi connectivity index (χ0n) is 10.7. The molecule has 0 saturated carbocycles. The van der Waals surface area contributed by atoms with Gasteiger partial charge >= 0.3 is 0 Å². The zero-order valence-corrected chi connectivity index (χ0v) is 14.6. The van der Waals surface area contributed by atoms with Crippen LogP contribution >= 0.6 is 39.1 Å². The molecule has 21 heavy (non-hydrogen) atoms. The van der Waals surface area contributed by atoms with Crippen LogP contribution in [0.25, 0.3) is 0 Å². The Hall–Kier alpha value is -0.950. The van der Waals surface area contributed by atoms with Gasteiger partial charge in [-0.15, -0.1) is 0 Å². The van der Waals surface area contributed by atoms with Crippen molar-refractivity contribution in [2.75, 3.05) is 11.8 Å². The molecular formula is C13H10BrCl2NO3S. The van der Waals surface area contributed by atoms with Crippen LogP contribution in [0.2, 0.25) is 10.0 Å². The third-order valence-electron chi connectivity index (χ3n) is 2.62. The fraction of sp³-hybridized carbons (Fsp3) is 0.0769. The standard InChI is InChI=1S/C13H10BrCl2NO3S/c1-20-8-2-4-12(16)13(6-8)17-21(18,19)9-3-5-11(15)10(14)7-9/h2-7,17H,1H3. The smallest absolute Gasteiger partial charge is 0.261 e. The van der Waals surface area contributed by atoms with Gasteiger partial charge in [-0.1, -0.05) is 23.2 Å². The van der Waals surface area contributed by atoms with Crippen LogP contribution in [0.1, 0.15) is 0 Å². The summed E-state index contributed by atoms with van der Waals surface area (Å²) in [6.07, 6.45) is 0. The number of hydrogen-bond acceptors (Lipinski definition) is 3. The van der Waals surface area contributed by atoms with E-state index in [4.69, 9.17) is 27.9 Å². The van der Waals surface area contributed by atoms with Crippen molar-refractivity contribution >= 4 is 54.8 Å². The van der Waals surface area contributed by atoms with Crippen LogP contribution in [0.5, 0.6) is 5.75 Å². The van der Waals surface area contributed by atoms with Crippen molar-refractivity contribution in [3.8, 4) is 5.75 Å². The molecule has 2 aromatic carbocycles. The summed E-state index contributed by atoms with van der Waals surface area (Å²) in [5.41, 5.74) is 0.238. The Morgan fingerprint density at radius 3 is 2.38 bits per heavy atom. The van der Waals surface area contributed by atoms with Gasteiger partial charge in [0, 0.05) is 10.5 Å². The molecule has 0 aliphatic carbocycles. The first-order chi connectivity index (χ1) is 9.83. The second-order valence-electron chi connectivity index (χ2n) is 4.03. The predicted octanol–water partition coefficient (Wildman–Crippen LogP) is 4.57. The molecule has 0 saturated heterocycles. The van der Waals surface area contributed by atoms with E-state index >= 15 is 0 Å². The average molecular weight is 411 g/mol. The van der Waals surface area contributed by atoms with Gasteiger partial charge in [0.2, 0.25) is 0 Å². The monoisotopic (exact) mass is 409 g/mol. The van der Waals surface area contributed by atoms with Crippen LogP contribution in [-0.4, -0.2) is 15.5 Å². The van der Waals surface area contributed by atoms with E-state index in [-0.39, 0.29) is 15.6 Å². The van der Waals surface area contributed by atoms with Crippen molar-refractivity contribution in [1.29, 1.82) is 0 Å². The second-order valence-corrected chi connectivity index (χ2v) is 7.38. The molecule has 0 radical (unpaired) electrons. The Bertz CT molecular complexity index is 781. The average Bonchev–Trinajstić information content (AvgIpc) is 2.44. The Morgan fingerprint density at radius 2 is 1.76 bits per heavy atom. The molecule has 8 heteroatoms. The largest absolute Gasteiger partial charge is 0.497 e. The molecule has 0 aromatic heterocycles. The summed E-state index contributed by atoms with van der Waals surface area (Å²) in [7, 11) is -2.29. The van der Waals surface area contributed by atoms with Crippen LogP contribution in [0.4, 0.5) is 5.69 Å². The molecule has 1 N–H and O–H groups in total. The third-order valence-corrected chi connectivity index (χ3v) is 5.53. The molecule has 0 heterocycles. The van der Waals surface area contributed by atoms with E-state index in [0.717, 1.165) is 0 Å². The number of methoxy groups -OCH3 is 1. The molecule has 0 aliphatic heterocycles. The van der Waals surface area contributed by atoms with Crippen molar-refractivity contribution < 1.29 is 13.2 Å². The molecule has 0 amide bonds. The van der Waals surface area contributed by atoms with Crippen molar-refractivity contribution in [3.05, 3.63) is 50.9 Å². The number of rotatable bonds is 4. The third kappa shape index (κ3) is 3.83. The minimum absolute atomic E-state index is 0.0673. The summed E-state index contributed by atoms with van der Waals surface area (Å²) in [5.74, 6) is 0.495. The van der Waals surface area contributed by atoms with Gasteiger partial charge in [-0.3, -0.25) is 4.72 Å². The van der Waals surface area contributed by atoms with Gasteiger partial charge in [-0.2, -0.15) is 0 Å². The first-order valence-corrected chi connectivity index (χ1v) is 8.68. The Balaban J connectivity index is 2.39. The molecule has 0 fully saturated rings. The predicted molar refractivity (Wildman–Crippen MR) is 88.0 cm³/mol. The van der Waals surface area contributed by atoms with E-state index in [9.17, 15) is 8.42 Å². The normalized spacial score (nSPS) is 11.2. The molecular weight excluding hydrogens is 401 g/mol. The Labute approximate surface area is 141 Å². The van der Waals surface area contributed by atoms with Gasteiger partial charge in [-0.25, -0.2) is 8.42 Å². The highest BCUT2D eigenvalue weighted by Crippen LogP contribution is 2.30. The summed E-state index contributed by atoms with van der Waals surface area (Å²) in [6, 6.07) is 9.01. The minimum Gasteiger partial charge on any atom is -0.497 e. The quantitative estimate of drug-likeness (QED) is 0.803. The van der Waals surface area contributed by atoms with Gasteiger partial charge in [0.25, 0.3) is 10.0 Å². The Morgan fingerprint density at radius 1 is 1.10 bits per heavy atom. The lowest BCUT2D eigenvalue weighted by atomic mass is 10.3. The summed E-state index contributed by atoms with van der Waals surface area (Å²) in [6.45, 7) is 0. The fourth-order valence-electron chi connectivity index (χ4n) is 1.56. The maximum atomic E-state index is 12.3. The van der Waals surface area contributed by atoms with E-state index in [2.05, 4.69) is 20.7 Å². The summed E-state index contributed by atoms with van der Waals surface area (Å²) in [5, 5.41) is 0.695. The van der Waals surface area contributed by atoms with E-state index in [1.165, 1.54) is 31.4 Å². The lowest BCUT2D eigenvalue weighted by Gasteiger charge is -2.11. The maximum absolute atomic E-state index is 12.3. The highest BCUT2D eigenvalue weighted by Gasteiger charge is 2.17. The van der Waals surface area contributed by atoms with Crippen LogP contribution in [0.15, 0.2) is 45.8 Å². The van der Waals surface area contributed by atoms with Gasteiger partial charge in [0.1, 0.15) is 5.75 Å². The van der Waals surface area contributed by atoms with Crippen LogP contribution in [0.3, 0.4) is 0 Å². The number of nitrogens with one attached hydrogen (secondary N) is 1. The number of benzene rings is 2. The van der Waals surface area contributed by atoms with Crippen molar-refractivity contribution in [2.24, 2.45) is 0 Å². The highest BCUT2D eigenvalue weighted by molar-refractivity contribution is 9.10. The highest BCUT2D eigenvalue weighted by atomic mass is 79.9. The van der Waals surface area contributed by atoms with Crippen LogP contribution < -0.4 is 9.46 Å².